The Morgan fingerprint density at radius 2 is 2.33 bits per heavy atom. The van der Waals surface area contributed by atoms with Crippen LogP contribution in [0, 0.1) is 0 Å². The van der Waals surface area contributed by atoms with E-state index >= 15 is 0 Å². The molecule has 76 valence electrons. The molecule has 0 radical (unpaired) electrons. The maximum Gasteiger partial charge on any atom is 0.264 e. The van der Waals surface area contributed by atoms with Gasteiger partial charge in [-0.1, -0.05) is 0 Å². The summed E-state index contributed by atoms with van der Waals surface area (Å²) in [6, 6.07) is 3.24. The molecule has 1 N–H and O–H groups in total. The summed E-state index contributed by atoms with van der Waals surface area (Å²) in [6.45, 7) is -0.125. The number of rotatable bonds is 2. The first kappa shape index (κ1) is 9.54. The molecule has 0 saturated carbocycles. The molecule has 0 spiro atoms. The topological polar surface area (TPSA) is 68.0 Å². The number of hydrogen-bond acceptors (Lipinski definition) is 4. The van der Waals surface area contributed by atoms with Crippen molar-refractivity contribution >= 4 is 5.91 Å². The predicted octanol–water partition coefficient (Wildman–Crippen LogP) is 0.459. The Morgan fingerprint density at radius 1 is 1.47 bits per heavy atom. The van der Waals surface area contributed by atoms with Crippen molar-refractivity contribution < 1.29 is 9.90 Å². The summed E-state index contributed by atoms with van der Waals surface area (Å²) in [6.07, 6.45) is 5.98. The average molecular weight is 203 g/mol. The summed E-state index contributed by atoms with van der Waals surface area (Å²) >= 11 is 0. The van der Waals surface area contributed by atoms with Crippen LogP contribution in [0.1, 0.15) is 16.1 Å². The van der Waals surface area contributed by atoms with Crippen molar-refractivity contribution in [1.82, 2.24) is 14.5 Å². The number of pyridine rings is 1. The molecule has 0 amide bonds. The maximum atomic E-state index is 11.7. The third kappa shape index (κ3) is 1.92. The Labute approximate surface area is 86.0 Å². The third-order valence-electron chi connectivity index (χ3n) is 1.97. The van der Waals surface area contributed by atoms with Crippen LogP contribution in [0.2, 0.25) is 0 Å². The Balaban J connectivity index is 2.27. The summed E-state index contributed by atoms with van der Waals surface area (Å²) in [5.74, 6) is -0.190. The van der Waals surface area contributed by atoms with Crippen molar-refractivity contribution in [3.63, 3.8) is 0 Å². The summed E-state index contributed by atoms with van der Waals surface area (Å²) in [4.78, 5) is 19.4. The molecule has 5 heteroatoms. The van der Waals surface area contributed by atoms with Gasteiger partial charge in [0.2, 0.25) is 0 Å². The van der Waals surface area contributed by atoms with E-state index in [0.717, 1.165) is 0 Å². The van der Waals surface area contributed by atoms with E-state index in [2.05, 4.69) is 9.97 Å². The first-order valence-electron chi connectivity index (χ1n) is 4.39. The number of nitrogens with zero attached hydrogens (tertiary/aromatic N) is 3. The molecule has 0 fully saturated rings. The van der Waals surface area contributed by atoms with Crippen LogP contribution >= 0.6 is 0 Å². The van der Waals surface area contributed by atoms with Gasteiger partial charge in [0.15, 0.2) is 0 Å². The molecule has 0 unspecified atom stereocenters. The molecule has 0 saturated heterocycles. The number of carbonyl (C=O) groups is 1. The molecular formula is C10H9N3O2. The molecule has 0 aliphatic carbocycles. The molecule has 2 heterocycles. The van der Waals surface area contributed by atoms with E-state index < -0.39 is 0 Å². The lowest BCUT2D eigenvalue weighted by atomic mass is 10.2. The van der Waals surface area contributed by atoms with Gasteiger partial charge >= 0.3 is 0 Å². The summed E-state index contributed by atoms with van der Waals surface area (Å²) in [5, 5.41) is 8.79. The lowest BCUT2D eigenvalue weighted by Crippen LogP contribution is -2.10. The second-order valence-corrected chi connectivity index (χ2v) is 2.97. The Hall–Kier alpha value is -2.01. The van der Waals surface area contributed by atoms with Crippen LogP contribution in [0.3, 0.4) is 0 Å². The minimum atomic E-state index is -0.190. The van der Waals surface area contributed by atoms with Gasteiger partial charge in [-0.2, -0.15) is 0 Å². The lowest BCUT2D eigenvalue weighted by molar-refractivity contribution is 0.0959. The Bertz CT molecular complexity index is 448. The molecule has 0 aromatic carbocycles. The Kier molecular flexibility index (Phi) is 2.55. The van der Waals surface area contributed by atoms with Gasteiger partial charge in [0, 0.05) is 18.6 Å². The monoisotopic (exact) mass is 203 g/mol. The van der Waals surface area contributed by atoms with Crippen LogP contribution in [0.15, 0.2) is 37.1 Å². The van der Waals surface area contributed by atoms with E-state index in [0.29, 0.717) is 11.3 Å². The Morgan fingerprint density at radius 3 is 2.87 bits per heavy atom. The zero-order valence-corrected chi connectivity index (χ0v) is 7.87. The van der Waals surface area contributed by atoms with Gasteiger partial charge in [0.25, 0.3) is 5.91 Å². The molecule has 2 rings (SSSR count). The van der Waals surface area contributed by atoms with E-state index in [-0.39, 0.29) is 12.5 Å². The zero-order chi connectivity index (χ0) is 10.7. The van der Waals surface area contributed by atoms with Crippen molar-refractivity contribution in [3.05, 3.63) is 48.3 Å². The molecule has 15 heavy (non-hydrogen) atoms. The predicted molar refractivity (Wildman–Crippen MR) is 52.1 cm³/mol. The van der Waals surface area contributed by atoms with E-state index in [4.69, 9.17) is 5.11 Å². The highest BCUT2D eigenvalue weighted by Gasteiger charge is 2.07. The second-order valence-electron chi connectivity index (χ2n) is 2.97. The molecular weight excluding hydrogens is 194 g/mol. The number of carbonyl (C=O) groups excluding carboxylic acids is 1. The van der Waals surface area contributed by atoms with Crippen LogP contribution in [-0.2, 0) is 6.61 Å². The van der Waals surface area contributed by atoms with E-state index in [1.807, 2.05) is 0 Å². The van der Waals surface area contributed by atoms with Gasteiger partial charge in [0.05, 0.1) is 17.9 Å². The first-order chi connectivity index (χ1) is 7.31. The summed E-state index contributed by atoms with van der Waals surface area (Å²) < 4.78 is 1.37. The third-order valence-corrected chi connectivity index (χ3v) is 1.97. The number of hydrogen-bond donors (Lipinski definition) is 1. The van der Waals surface area contributed by atoms with Gasteiger partial charge < -0.3 is 5.11 Å². The average Bonchev–Trinajstić information content (AvgIpc) is 2.82. The quantitative estimate of drug-likeness (QED) is 0.769. The van der Waals surface area contributed by atoms with Crippen LogP contribution in [0.5, 0.6) is 0 Å². The van der Waals surface area contributed by atoms with Gasteiger partial charge in [-0.3, -0.25) is 14.3 Å². The highest BCUT2D eigenvalue weighted by atomic mass is 16.3. The van der Waals surface area contributed by atoms with Gasteiger partial charge in [-0.05, 0) is 12.1 Å². The maximum absolute atomic E-state index is 11.7. The largest absolute Gasteiger partial charge is 0.390 e. The van der Waals surface area contributed by atoms with Crippen molar-refractivity contribution in [2.24, 2.45) is 0 Å². The smallest absolute Gasteiger partial charge is 0.264 e. The number of imidazole rings is 1. The fraction of sp³-hybridized carbons (Fsp3) is 0.100. The molecule has 0 atom stereocenters. The van der Waals surface area contributed by atoms with Gasteiger partial charge in [-0.15, -0.1) is 0 Å². The number of aliphatic hydroxyl groups excluding tert-OH is 1. The highest BCUT2D eigenvalue weighted by Crippen LogP contribution is 2.03. The fourth-order valence-corrected chi connectivity index (χ4v) is 1.17. The SMILES string of the molecule is O=C(c1ccc(CO)nc1)n1ccnc1. The van der Waals surface area contributed by atoms with Gasteiger partial charge in [-0.25, -0.2) is 4.98 Å². The van der Waals surface area contributed by atoms with Crippen molar-refractivity contribution in [3.8, 4) is 0 Å². The molecule has 0 aliphatic heterocycles. The van der Waals surface area contributed by atoms with E-state index in [1.54, 1.807) is 18.3 Å². The number of aliphatic hydroxyl groups is 1. The molecule has 2 aromatic heterocycles. The summed E-state index contributed by atoms with van der Waals surface area (Å²) in [7, 11) is 0. The highest BCUT2D eigenvalue weighted by molar-refractivity contribution is 5.95. The standard InChI is InChI=1S/C10H9N3O2/c14-6-9-2-1-8(5-12-9)10(15)13-4-3-11-7-13/h1-5,7,14H,6H2. The van der Waals surface area contributed by atoms with Crippen molar-refractivity contribution in [2.75, 3.05) is 0 Å². The van der Waals surface area contributed by atoms with Crippen LogP contribution in [0.25, 0.3) is 0 Å². The minimum Gasteiger partial charge on any atom is -0.390 e. The van der Waals surface area contributed by atoms with Crippen LogP contribution in [-0.4, -0.2) is 25.5 Å². The number of aromatic nitrogens is 3. The van der Waals surface area contributed by atoms with Crippen molar-refractivity contribution in [2.45, 2.75) is 6.61 Å². The van der Waals surface area contributed by atoms with E-state index in [1.165, 1.54) is 23.3 Å². The molecule has 0 aliphatic rings. The second kappa shape index (κ2) is 4.02. The lowest BCUT2D eigenvalue weighted by Gasteiger charge is -2.01. The molecule has 5 nitrogen and oxygen atoms in total. The zero-order valence-electron chi connectivity index (χ0n) is 7.87. The molecule has 0 bridgehead atoms. The van der Waals surface area contributed by atoms with Crippen LogP contribution in [0.4, 0.5) is 0 Å². The molecule has 2 aromatic rings. The van der Waals surface area contributed by atoms with E-state index in [9.17, 15) is 4.79 Å². The fourth-order valence-electron chi connectivity index (χ4n) is 1.17. The minimum absolute atomic E-state index is 0.125. The summed E-state index contributed by atoms with van der Waals surface area (Å²) in [5.41, 5.74) is 1.00. The van der Waals surface area contributed by atoms with Crippen molar-refractivity contribution in [1.29, 1.82) is 0 Å². The van der Waals surface area contributed by atoms with Crippen LogP contribution < -0.4 is 0 Å². The first-order valence-corrected chi connectivity index (χ1v) is 4.39. The normalized spacial score (nSPS) is 10.2. The van der Waals surface area contributed by atoms with Gasteiger partial charge in [0.1, 0.15) is 6.33 Å².